The van der Waals surface area contributed by atoms with Crippen molar-refractivity contribution in [3.63, 3.8) is 0 Å². The van der Waals surface area contributed by atoms with Gasteiger partial charge in [0.15, 0.2) is 0 Å². The first-order valence-corrected chi connectivity index (χ1v) is 16.1. The highest BCUT2D eigenvalue weighted by molar-refractivity contribution is 6.39. The Balaban J connectivity index is 0.000000232. The van der Waals surface area contributed by atoms with Crippen LogP contribution in [0.4, 0.5) is 22.7 Å². The standard InChI is InChI=1S/C19H20N2O3.C14H11Cl2NO2.C3H4N2O.H2O/c1-2-3-9-17-18(23)20(14-7-5-4-6-8-14)21(19(17)24)15-10-12-16(22)13-11-15;15-10-5-3-6-11(16)14(10)17-12-7-2-1-4-9(12)8-13(18)19;6-3-1-2-4-5-3;/h4-8,10-13,17,22H,2-3,9H2,1H3;1-7,17H,8H2,(H,18,19);1-2H,(H2,4,5,6);1H2. The van der Waals surface area contributed by atoms with E-state index in [0.717, 1.165) is 12.8 Å². The highest BCUT2D eigenvalue weighted by Crippen LogP contribution is 2.35. The lowest BCUT2D eigenvalue weighted by Gasteiger charge is -2.27. The van der Waals surface area contributed by atoms with Crippen LogP contribution in [0.15, 0.2) is 114 Å². The van der Waals surface area contributed by atoms with Gasteiger partial charge in [-0.1, -0.05) is 85.4 Å². The SMILES string of the molecule is CCCCC1C(=O)N(c2ccccc2)N(c2ccc(O)cc2)C1=O.O.O=C(O)Cc1ccccc1Nc1c(Cl)cccc1Cl.O=c1cc[nH][nH]1. The van der Waals surface area contributed by atoms with Gasteiger partial charge in [0.25, 0.3) is 17.4 Å². The molecule has 1 atom stereocenters. The fourth-order valence-electron chi connectivity index (χ4n) is 4.88. The van der Waals surface area contributed by atoms with Crippen LogP contribution < -0.4 is 20.9 Å². The topological polar surface area (TPSA) is 190 Å². The Morgan fingerprint density at radius 2 is 1.38 bits per heavy atom. The van der Waals surface area contributed by atoms with E-state index in [1.807, 2.05) is 31.2 Å². The average molecular weight is 723 g/mol. The van der Waals surface area contributed by atoms with E-state index in [2.05, 4.69) is 15.5 Å². The second-order valence-corrected chi connectivity index (χ2v) is 11.6. The highest BCUT2D eigenvalue weighted by Gasteiger charge is 2.46. The van der Waals surface area contributed by atoms with E-state index in [-0.39, 0.29) is 35.0 Å². The lowest BCUT2D eigenvalue weighted by Crippen LogP contribution is -2.41. The Bertz CT molecular complexity index is 1880. The number of benzene rings is 4. The van der Waals surface area contributed by atoms with Gasteiger partial charge in [-0.05, 0) is 66.6 Å². The number of phenols is 1. The van der Waals surface area contributed by atoms with Gasteiger partial charge in [-0.3, -0.25) is 24.3 Å². The predicted molar refractivity (Wildman–Crippen MR) is 195 cm³/mol. The number of amides is 2. The molecule has 1 aliphatic rings. The molecule has 262 valence electrons. The lowest BCUT2D eigenvalue weighted by molar-refractivity contribution is -0.136. The van der Waals surface area contributed by atoms with E-state index in [4.69, 9.17) is 28.3 Å². The number of carbonyl (C=O) groups is 3. The van der Waals surface area contributed by atoms with Gasteiger partial charge in [0, 0.05) is 18.0 Å². The van der Waals surface area contributed by atoms with Crippen molar-refractivity contribution in [2.75, 3.05) is 15.3 Å². The summed E-state index contributed by atoms with van der Waals surface area (Å²) in [5.41, 5.74) is 3.06. The van der Waals surface area contributed by atoms with E-state index in [1.54, 1.807) is 66.9 Å². The number of carboxylic acids is 1. The zero-order valence-electron chi connectivity index (χ0n) is 27.0. The number of anilines is 4. The summed E-state index contributed by atoms with van der Waals surface area (Å²) in [4.78, 5) is 46.6. The van der Waals surface area contributed by atoms with Crippen LogP contribution in [-0.2, 0) is 20.8 Å². The lowest BCUT2D eigenvalue weighted by atomic mass is 10.0. The third kappa shape index (κ3) is 10.2. The minimum atomic E-state index is -0.889. The van der Waals surface area contributed by atoms with E-state index in [1.165, 1.54) is 28.2 Å². The fraction of sp³-hybridized carbons (Fsp3) is 0.167. The molecule has 0 aliphatic carbocycles. The number of aromatic hydroxyl groups is 1. The number of unbranched alkanes of at least 4 members (excludes halogenated alkanes) is 1. The molecule has 1 saturated heterocycles. The van der Waals surface area contributed by atoms with Crippen molar-refractivity contribution in [1.82, 2.24) is 10.2 Å². The molecule has 12 nitrogen and oxygen atoms in total. The van der Waals surface area contributed by atoms with Crippen LogP contribution in [0.25, 0.3) is 0 Å². The molecule has 14 heteroatoms. The maximum Gasteiger partial charge on any atom is 0.307 e. The number of carboxylic acid groups (broad SMARTS) is 1. The smallest absolute Gasteiger partial charge is 0.307 e. The summed E-state index contributed by atoms with van der Waals surface area (Å²) >= 11 is 12.1. The molecule has 0 bridgehead atoms. The second kappa shape index (κ2) is 18.8. The van der Waals surface area contributed by atoms with Gasteiger partial charge < -0.3 is 26.1 Å². The molecule has 1 aliphatic heterocycles. The van der Waals surface area contributed by atoms with Crippen molar-refractivity contribution in [3.05, 3.63) is 135 Å². The maximum atomic E-state index is 12.9. The van der Waals surface area contributed by atoms with E-state index in [0.29, 0.717) is 44.8 Å². The number of carbonyl (C=O) groups excluding carboxylic acids is 2. The molecule has 1 fully saturated rings. The number of aliphatic carboxylic acids is 1. The molecule has 1 unspecified atom stereocenters. The largest absolute Gasteiger partial charge is 0.508 e. The summed E-state index contributed by atoms with van der Waals surface area (Å²) < 4.78 is 0. The van der Waals surface area contributed by atoms with Gasteiger partial charge in [-0.2, -0.15) is 0 Å². The summed E-state index contributed by atoms with van der Waals surface area (Å²) in [7, 11) is 0. The number of aromatic nitrogens is 2. The van der Waals surface area contributed by atoms with Gasteiger partial charge in [0.2, 0.25) is 0 Å². The quantitative estimate of drug-likeness (QED) is 0.104. The first kappa shape index (κ1) is 38.9. The molecular formula is C36H37Cl2N5O7. The van der Waals surface area contributed by atoms with Gasteiger partial charge >= 0.3 is 5.97 Å². The van der Waals surface area contributed by atoms with Crippen molar-refractivity contribution >= 4 is 63.7 Å². The maximum absolute atomic E-state index is 12.9. The zero-order chi connectivity index (χ0) is 35.3. The zero-order valence-corrected chi connectivity index (χ0v) is 28.5. The number of aromatic amines is 2. The Kier molecular flexibility index (Phi) is 14.7. The summed E-state index contributed by atoms with van der Waals surface area (Å²) in [6.07, 6.45) is 3.79. The number of hydrogen-bond donors (Lipinski definition) is 5. The summed E-state index contributed by atoms with van der Waals surface area (Å²) in [5, 5.41) is 30.1. The molecule has 1 aromatic heterocycles. The number of para-hydroxylation sites is 3. The Labute approximate surface area is 298 Å². The molecule has 0 spiro atoms. The fourth-order valence-corrected chi connectivity index (χ4v) is 5.38. The van der Waals surface area contributed by atoms with Crippen molar-refractivity contribution in [1.29, 1.82) is 0 Å². The number of hydrazine groups is 1. The van der Waals surface area contributed by atoms with Crippen molar-refractivity contribution < 1.29 is 30.1 Å². The van der Waals surface area contributed by atoms with Crippen molar-refractivity contribution in [2.24, 2.45) is 5.92 Å². The van der Waals surface area contributed by atoms with Crippen molar-refractivity contribution in [3.8, 4) is 5.75 Å². The van der Waals surface area contributed by atoms with Crippen LogP contribution in [0.5, 0.6) is 5.75 Å². The van der Waals surface area contributed by atoms with Crippen LogP contribution in [0, 0.1) is 5.92 Å². The number of nitrogens with zero attached hydrogens (tertiary/aromatic N) is 2. The summed E-state index contributed by atoms with van der Waals surface area (Å²) in [5.74, 6) is -1.85. The summed E-state index contributed by atoms with van der Waals surface area (Å²) in [6.45, 7) is 2.04. The molecule has 7 N–H and O–H groups in total. The minimum absolute atomic E-state index is 0. The van der Waals surface area contributed by atoms with Crippen LogP contribution >= 0.6 is 23.2 Å². The summed E-state index contributed by atoms with van der Waals surface area (Å²) in [6, 6.07) is 29.2. The Morgan fingerprint density at radius 3 is 1.90 bits per heavy atom. The second-order valence-electron chi connectivity index (χ2n) is 10.8. The Morgan fingerprint density at radius 1 is 0.800 bits per heavy atom. The van der Waals surface area contributed by atoms with Crippen LogP contribution in [0.3, 0.4) is 0 Å². The predicted octanol–water partition coefficient (Wildman–Crippen LogP) is 6.74. The number of hydrogen-bond acceptors (Lipinski definition) is 6. The van der Waals surface area contributed by atoms with Crippen LogP contribution in [-0.4, -0.2) is 43.7 Å². The third-order valence-corrected chi connectivity index (χ3v) is 7.88. The average Bonchev–Trinajstić information content (AvgIpc) is 3.67. The van der Waals surface area contributed by atoms with Gasteiger partial charge in [0.05, 0.1) is 33.5 Å². The molecule has 4 aromatic carbocycles. The number of halogens is 2. The number of H-pyrrole nitrogens is 2. The van der Waals surface area contributed by atoms with Gasteiger partial charge in [0.1, 0.15) is 11.7 Å². The number of rotatable bonds is 9. The molecule has 50 heavy (non-hydrogen) atoms. The van der Waals surface area contributed by atoms with Crippen molar-refractivity contribution in [2.45, 2.75) is 32.6 Å². The van der Waals surface area contributed by atoms with Gasteiger partial charge in [-0.15, -0.1) is 0 Å². The van der Waals surface area contributed by atoms with Crippen LogP contribution in [0.1, 0.15) is 31.7 Å². The molecular weight excluding hydrogens is 685 g/mol. The first-order valence-electron chi connectivity index (χ1n) is 15.4. The molecule has 6 rings (SSSR count). The van der Waals surface area contributed by atoms with E-state index in [9.17, 15) is 24.3 Å². The monoisotopic (exact) mass is 721 g/mol. The highest BCUT2D eigenvalue weighted by atomic mass is 35.5. The number of phenolic OH excluding ortho intramolecular Hbond substituents is 1. The molecule has 2 amide bonds. The molecule has 5 aromatic rings. The normalized spacial score (nSPS) is 13.4. The van der Waals surface area contributed by atoms with Crippen LogP contribution in [0.2, 0.25) is 10.0 Å². The minimum Gasteiger partial charge on any atom is -0.508 e. The van der Waals surface area contributed by atoms with Gasteiger partial charge in [-0.25, -0.2) is 10.0 Å². The van der Waals surface area contributed by atoms with E-state index < -0.39 is 11.9 Å². The molecule has 0 radical (unpaired) electrons. The van der Waals surface area contributed by atoms with E-state index >= 15 is 0 Å². The molecule has 2 heterocycles. The third-order valence-electron chi connectivity index (χ3n) is 7.25. The molecule has 0 saturated carbocycles. The first-order chi connectivity index (χ1) is 23.6. The Hall–Kier alpha value is -5.56. The number of nitrogens with one attached hydrogen (secondary N) is 3.